The first kappa shape index (κ1) is 20.7. The molecule has 1 aliphatic heterocycles. The fraction of sp³-hybridized carbons (Fsp3) is 0.263. The van der Waals surface area contributed by atoms with Crippen molar-refractivity contribution in [2.75, 3.05) is 31.6 Å². The first-order valence-electron chi connectivity index (χ1n) is 8.49. The molecule has 0 saturated carbocycles. The summed E-state index contributed by atoms with van der Waals surface area (Å²) in [4.78, 5) is 26.5. The largest absolute Gasteiger partial charge is 0.505 e. The minimum Gasteiger partial charge on any atom is -0.505 e. The number of hydrogen-bond donors (Lipinski definition) is 2. The number of carbonyl (C=O) groups excluding carboxylic acids is 2. The first-order valence-corrected chi connectivity index (χ1v) is 9.62. The van der Waals surface area contributed by atoms with Crippen LogP contribution >= 0.6 is 34.8 Å². The molecule has 0 atom stereocenters. The van der Waals surface area contributed by atoms with Gasteiger partial charge in [0.25, 0.3) is 5.91 Å². The van der Waals surface area contributed by atoms with Crippen LogP contribution in [0.15, 0.2) is 30.3 Å². The van der Waals surface area contributed by atoms with E-state index in [2.05, 4.69) is 5.32 Å². The van der Waals surface area contributed by atoms with Crippen molar-refractivity contribution in [2.45, 2.75) is 6.42 Å². The van der Waals surface area contributed by atoms with Gasteiger partial charge in [-0.3, -0.25) is 9.59 Å². The molecule has 3 rings (SSSR count). The molecule has 2 amide bonds. The molecule has 1 aliphatic rings. The molecule has 0 unspecified atom stereocenters. The van der Waals surface area contributed by atoms with E-state index in [1.807, 2.05) is 0 Å². The third-order valence-electron chi connectivity index (χ3n) is 4.30. The lowest BCUT2D eigenvalue weighted by atomic mass is 10.1. The molecule has 28 heavy (non-hydrogen) atoms. The second-order valence-corrected chi connectivity index (χ2v) is 7.39. The number of phenolic OH excluding ortho intramolecular Hbond substituents is 1. The maximum absolute atomic E-state index is 12.5. The molecule has 0 aromatic heterocycles. The van der Waals surface area contributed by atoms with Crippen molar-refractivity contribution in [1.29, 1.82) is 0 Å². The van der Waals surface area contributed by atoms with Crippen LogP contribution in [0.1, 0.15) is 15.9 Å². The number of hydrogen-bond acceptors (Lipinski definition) is 4. The lowest BCUT2D eigenvalue weighted by Crippen LogP contribution is -2.41. The Hall–Kier alpha value is -1.99. The average molecular weight is 444 g/mol. The van der Waals surface area contributed by atoms with Gasteiger partial charge in [-0.25, -0.2) is 0 Å². The monoisotopic (exact) mass is 442 g/mol. The number of carbonyl (C=O) groups is 2. The number of rotatable bonds is 4. The molecule has 1 heterocycles. The molecule has 0 aliphatic carbocycles. The fourth-order valence-corrected chi connectivity index (χ4v) is 3.48. The van der Waals surface area contributed by atoms with Crippen LogP contribution in [-0.4, -0.2) is 48.1 Å². The lowest BCUT2D eigenvalue weighted by molar-refractivity contribution is -0.134. The summed E-state index contributed by atoms with van der Waals surface area (Å²) in [5.74, 6) is -1.06. The van der Waals surface area contributed by atoms with Gasteiger partial charge in [-0.2, -0.15) is 0 Å². The Bertz CT molecular complexity index is 871. The molecule has 9 heteroatoms. The van der Waals surface area contributed by atoms with E-state index in [1.54, 1.807) is 29.2 Å². The van der Waals surface area contributed by atoms with Crippen LogP contribution in [0.4, 0.5) is 5.69 Å². The summed E-state index contributed by atoms with van der Waals surface area (Å²) in [6.07, 6.45) is 0.269. The maximum atomic E-state index is 12.5. The molecule has 2 aromatic rings. The number of morpholine rings is 1. The summed E-state index contributed by atoms with van der Waals surface area (Å²) in [5, 5.41) is 12.6. The van der Waals surface area contributed by atoms with Crippen molar-refractivity contribution in [3.05, 3.63) is 56.5 Å². The van der Waals surface area contributed by atoms with E-state index in [-0.39, 0.29) is 33.0 Å². The standard InChI is InChI=1S/C19H17Cl3N2O4/c20-13-10-14(21)18(26)16(17(13)22)19(27)23-12-3-1-11(2-4-12)9-15(25)24-5-7-28-8-6-24/h1-4,10,26H,5-9H2,(H,23,27). The molecule has 6 nitrogen and oxygen atoms in total. The average Bonchev–Trinajstić information content (AvgIpc) is 2.69. The number of nitrogens with one attached hydrogen (secondary N) is 1. The third-order valence-corrected chi connectivity index (χ3v) is 5.38. The van der Waals surface area contributed by atoms with Gasteiger partial charge in [0.15, 0.2) is 0 Å². The highest BCUT2D eigenvalue weighted by Gasteiger charge is 2.21. The van der Waals surface area contributed by atoms with Gasteiger partial charge in [0, 0.05) is 18.8 Å². The van der Waals surface area contributed by atoms with Crippen LogP contribution in [0.3, 0.4) is 0 Å². The fourth-order valence-electron chi connectivity index (χ4n) is 2.79. The van der Waals surface area contributed by atoms with Gasteiger partial charge in [-0.15, -0.1) is 0 Å². The Morgan fingerprint density at radius 1 is 1.07 bits per heavy atom. The zero-order chi connectivity index (χ0) is 20.3. The highest BCUT2D eigenvalue weighted by molar-refractivity contribution is 6.46. The molecule has 2 aromatic carbocycles. The predicted molar refractivity (Wildman–Crippen MR) is 109 cm³/mol. The molecular weight excluding hydrogens is 427 g/mol. The molecule has 2 N–H and O–H groups in total. The summed E-state index contributed by atoms with van der Waals surface area (Å²) < 4.78 is 5.24. The molecule has 148 valence electrons. The zero-order valence-electron chi connectivity index (χ0n) is 14.7. The smallest absolute Gasteiger partial charge is 0.261 e. The summed E-state index contributed by atoms with van der Waals surface area (Å²) in [6.45, 7) is 2.30. The molecular formula is C19H17Cl3N2O4. The Morgan fingerprint density at radius 2 is 1.71 bits per heavy atom. The van der Waals surface area contributed by atoms with E-state index in [0.717, 1.165) is 5.56 Å². The van der Waals surface area contributed by atoms with Crippen molar-refractivity contribution in [3.63, 3.8) is 0 Å². The van der Waals surface area contributed by atoms with Gasteiger partial charge in [0.1, 0.15) is 11.3 Å². The van der Waals surface area contributed by atoms with E-state index < -0.39 is 11.7 Å². The quantitative estimate of drug-likeness (QED) is 0.700. The van der Waals surface area contributed by atoms with Gasteiger partial charge < -0.3 is 20.1 Å². The number of nitrogens with zero attached hydrogens (tertiary/aromatic N) is 1. The van der Waals surface area contributed by atoms with Gasteiger partial charge in [0.2, 0.25) is 5.91 Å². The molecule has 1 saturated heterocycles. The Labute approximate surface area is 176 Å². The lowest BCUT2D eigenvalue weighted by Gasteiger charge is -2.26. The van der Waals surface area contributed by atoms with Gasteiger partial charge in [0.05, 0.1) is 34.7 Å². The van der Waals surface area contributed by atoms with Gasteiger partial charge >= 0.3 is 0 Å². The molecule has 0 bridgehead atoms. The summed E-state index contributed by atoms with van der Waals surface area (Å²) in [5.41, 5.74) is 1.09. The minimum absolute atomic E-state index is 0.0327. The van der Waals surface area contributed by atoms with Crippen molar-refractivity contribution < 1.29 is 19.4 Å². The number of aromatic hydroxyl groups is 1. The Morgan fingerprint density at radius 3 is 2.36 bits per heavy atom. The van der Waals surface area contributed by atoms with E-state index in [1.165, 1.54) is 6.07 Å². The number of phenols is 1. The van der Waals surface area contributed by atoms with Crippen molar-refractivity contribution in [1.82, 2.24) is 4.90 Å². The highest BCUT2D eigenvalue weighted by atomic mass is 35.5. The number of ether oxygens (including phenoxy) is 1. The van der Waals surface area contributed by atoms with E-state index >= 15 is 0 Å². The number of amides is 2. The van der Waals surface area contributed by atoms with E-state index in [4.69, 9.17) is 39.5 Å². The van der Waals surface area contributed by atoms with Gasteiger partial charge in [-0.05, 0) is 23.8 Å². The van der Waals surface area contributed by atoms with Crippen molar-refractivity contribution >= 4 is 52.3 Å². The van der Waals surface area contributed by atoms with Crippen molar-refractivity contribution in [3.8, 4) is 5.75 Å². The van der Waals surface area contributed by atoms with Crippen LogP contribution in [0.25, 0.3) is 0 Å². The second kappa shape index (κ2) is 9.01. The normalized spacial score (nSPS) is 14.0. The SMILES string of the molecule is O=C(Nc1ccc(CC(=O)N2CCOCC2)cc1)c1c(O)c(Cl)cc(Cl)c1Cl. The minimum atomic E-state index is -0.649. The van der Waals surface area contributed by atoms with Crippen molar-refractivity contribution in [2.24, 2.45) is 0 Å². The topological polar surface area (TPSA) is 78.9 Å². The highest BCUT2D eigenvalue weighted by Crippen LogP contribution is 2.38. The Balaban J connectivity index is 1.68. The van der Waals surface area contributed by atoms with Crippen LogP contribution in [-0.2, 0) is 16.0 Å². The maximum Gasteiger partial charge on any atom is 0.261 e. The summed E-state index contributed by atoms with van der Waals surface area (Å²) in [7, 11) is 0. The summed E-state index contributed by atoms with van der Waals surface area (Å²) >= 11 is 17.8. The van der Waals surface area contributed by atoms with Crippen LogP contribution < -0.4 is 5.32 Å². The van der Waals surface area contributed by atoms with Crippen LogP contribution in [0, 0.1) is 0 Å². The van der Waals surface area contributed by atoms with E-state index in [9.17, 15) is 14.7 Å². The predicted octanol–water partition coefficient (Wildman–Crippen LogP) is 4.01. The molecule has 0 spiro atoms. The first-order chi connectivity index (χ1) is 13.4. The van der Waals surface area contributed by atoms with Gasteiger partial charge in [-0.1, -0.05) is 46.9 Å². The number of halogens is 3. The Kier molecular flexibility index (Phi) is 6.67. The molecule has 0 radical (unpaired) electrons. The number of anilines is 1. The zero-order valence-corrected chi connectivity index (χ0v) is 16.9. The summed E-state index contributed by atoms with van der Waals surface area (Å²) in [6, 6.07) is 8.09. The van der Waals surface area contributed by atoms with Crippen LogP contribution in [0.5, 0.6) is 5.75 Å². The molecule has 1 fully saturated rings. The second-order valence-electron chi connectivity index (χ2n) is 6.20. The van der Waals surface area contributed by atoms with E-state index in [0.29, 0.717) is 32.0 Å². The number of benzene rings is 2. The van der Waals surface area contributed by atoms with Crippen LogP contribution in [0.2, 0.25) is 15.1 Å². The third kappa shape index (κ3) is 4.70.